The number of aliphatic hydroxyl groups is 5. The minimum absolute atomic E-state index is 0.0200. The maximum Gasteiger partial charge on any atom is 0.305 e. The van der Waals surface area contributed by atoms with Crippen molar-refractivity contribution in [3.05, 3.63) is 36.5 Å². The molecule has 11 nitrogen and oxygen atoms in total. The Hall–Kier alpha value is -2.12. The molecule has 1 saturated heterocycles. The Kier molecular flexibility index (Phi) is 45.3. The van der Waals surface area contributed by atoms with Crippen molar-refractivity contribution in [1.82, 2.24) is 5.32 Å². The average Bonchev–Trinajstić information content (AvgIpc) is 3.34. The molecule has 6 N–H and O–H groups in total. The molecule has 0 aromatic rings. The maximum absolute atomic E-state index is 13.0. The first-order valence-corrected chi connectivity index (χ1v) is 28.8. The Morgan fingerprint density at radius 1 is 0.522 bits per heavy atom. The fraction of sp³-hybridized carbons (Fsp3) is 0.862. The highest BCUT2D eigenvalue weighted by Crippen LogP contribution is 2.23. The highest BCUT2D eigenvalue weighted by Gasteiger charge is 2.44. The Balaban J connectivity index is 2.15. The van der Waals surface area contributed by atoms with Crippen molar-refractivity contribution in [2.24, 2.45) is 0 Å². The summed E-state index contributed by atoms with van der Waals surface area (Å²) >= 11 is 0. The van der Waals surface area contributed by atoms with Crippen LogP contribution in [0.3, 0.4) is 0 Å². The van der Waals surface area contributed by atoms with Crippen molar-refractivity contribution in [1.29, 1.82) is 0 Å². The van der Waals surface area contributed by atoms with Gasteiger partial charge in [0.25, 0.3) is 0 Å². The van der Waals surface area contributed by atoms with E-state index in [2.05, 4.69) is 43.5 Å². The molecule has 0 spiro atoms. The smallest absolute Gasteiger partial charge is 0.305 e. The van der Waals surface area contributed by atoms with Crippen molar-refractivity contribution in [3.8, 4) is 0 Å². The van der Waals surface area contributed by atoms with Crippen LogP contribution in [0.2, 0.25) is 0 Å². The minimum Gasteiger partial charge on any atom is -0.466 e. The van der Waals surface area contributed by atoms with Gasteiger partial charge in [0, 0.05) is 12.8 Å². The highest BCUT2D eigenvalue weighted by atomic mass is 16.7. The van der Waals surface area contributed by atoms with Crippen LogP contribution in [-0.2, 0) is 23.8 Å². The third-order valence-electron chi connectivity index (χ3n) is 13.5. The zero-order chi connectivity index (χ0) is 50.3. The van der Waals surface area contributed by atoms with E-state index < -0.39 is 49.5 Å². The standard InChI is InChI=1S/C58H107NO10/c1-3-5-7-9-11-13-15-21-25-28-32-36-40-44-51(61)50(49-68-58-57(66)56(65)55(64)52(48-60)69-58)59-53(62)45-41-37-33-29-26-22-19-17-16-18-20-23-27-31-35-39-43-47-67-54(63)46-42-38-34-30-24-14-12-10-8-6-4-2/h16,18,25,28,40,44,50-52,55-58,60-61,64-66H,3-15,17,19-24,26-27,29-39,41-43,45-49H2,1-2H3,(H,59,62)/b18-16-,28-25+,44-40+. The number of esters is 1. The van der Waals surface area contributed by atoms with Gasteiger partial charge in [-0.3, -0.25) is 9.59 Å². The van der Waals surface area contributed by atoms with Crippen molar-refractivity contribution >= 4 is 11.9 Å². The predicted molar refractivity (Wildman–Crippen MR) is 283 cm³/mol. The molecule has 0 aliphatic carbocycles. The third kappa shape index (κ3) is 38.2. The molecule has 11 heteroatoms. The summed E-state index contributed by atoms with van der Waals surface area (Å²) in [4.78, 5) is 25.0. The summed E-state index contributed by atoms with van der Waals surface area (Å²) in [6, 6.07) is -0.836. The Bertz CT molecular complexity index is 1240. The van der Waals surface area contributed by atoms with E-state index in [1.807, 2.05) is 6.08 Å². The quantitative estimate of drug-likeness (QED) is 0.0196. The van der Waals surface area contributed by atoms with Crippen molar-refractivity contribution < 1.29 is 49.3 Å². The van der Waals surface area contributed by atoms with Crippen LogP contribution < -0.4 is 5.32 Å². The lowest BCUT2D eigenvalue weighted by molar-refractivity contribution is -0.302. The number of rotatable bonds is 49. The number of hydrogen-bond donors (Lipinski definition) is 6. The molecule has 7 unspecified atom stereocenters. The number of amides is 1. The molecule has 0 saturated carbocycles. The Morgan fingerprint density at radius 3 is 1.43 bits per heavy atom. The molecular weight excluding hydrogens is 871 g/mol. The van der Waals surface area contributed by atoms with E-state index in [9.17, 15) is 35.1 Å². The van der Waals surface area contributed by atoms with Gasteiger partial charge in [-0.25, -0.2) is 0 Å². The van der Waals surface area contributed by atoms with Gasteiger partial charge in [-0.2, -0.15) is 0 Å². The molecule has 1 aliphatic rings. The molecule has 69 heavy (non-hydrogen) atoms. The fourth-order valence-electron chi connectivity index (χ4n) is 8.86. The molecule has 0 aromatic carbocycles. The monoisotopic (exact) mass is 978 g/mol. The zero-order valence-corrected chi connectivity index (χ0v) is 44.3. The summed E-state index contributed by atoms with van der Waals surface area (Å²) in [5.41, 5.74) is 0. The zero-order valence-electron chi connectivity index (χ0n) is 44.3. The lowest BCUT2D eigenvalue weighted by atomic mass is 9.99. The number of allylic oxidation sites excluding steroid dienone is 5. The van der Waals surface area contributed by atoms with Crippen LogP contribution in [0.5, 0.6) is 0 Å². The predicted octanol–water partition coefficient (Wildman–Crippen LogP) is 12.7. The van der Waals surface area contributed by atoms with Gasteiger partial charge in [0.1, 0.15) is 24.4 Å². The summed E-state index contributed by atoms with van der Waals surface area (Å²) in [6.07, 6.45) is 48.0. The summed E-state index contributed by atoms with van der Waals surface area (Å²) in [7, 11) is 0. The summed E-state index contributed by atoms with van der Waals surface area (Å²) in [5, 5.41) is 54.3. The van der Waals surface area contributed by atoms with E-state index in [1.54, 1.807) is 6.08 Å². The SMILES string of the molecule is CCCCCCCCC/C=C/CC/C=C/C(O)C(COC1OC(CO)C(O)C(O)C1O)NC(=O)CCCCCCCCC/C=C\CCCCCCCCOC(=O)CCCCCCCCCCCCC. The van der Waals surface area contributed by atoms with Crippen LogP contribution in [0.4, 0.5) is 0 Å². The van der Waals surface area contributed by atoms with Crippen LogP contribution in [0.25, 0.3) is 0 Å². The molecule has 1 amide bonds. The van der Waals surface area contributed by atoms with Gasteiger partial charge in [0.05, 0.1) is 32.0 Å². The molecule has 0 bridgehead atoms. The molecule has 1 rings (SSSR count). The first-order valence-electron chi connectivity index (χ1n) is 28.8. The first kappa shape index (κ1) is 64.9. The number of aliphatic hydroxyl groups excluding tert-OH is 5. The minimum atomic E-state index is -1.58. The lowest BCUT2D eigenvalue weighted by Crippen LogP contribution is -2.60. The van der Waals surface area contributed by atoms with Gasteiger partial charge < -0.3 is 45.1 Å². The van der Waals surface area contributed by atoms with Gasteiger partial charge in [-0.1, -0.05) is 211 Å². The van der Waals surface area contributed by atoms with Crippen LogP contribution in [0.1, 0.15) is 258 Å². The normalized spacial score (nSPS) is 19.6. The van der Waals surface area contributed by atoms with Crippen LogP contribution in [-0.4, -0.2) is 100 Å². The Morgan fingerprint density at radius 2 is 0.942 bits per heavy atom. The van der Waals surface area contributed by atoms with Gasteiger partial charge in [-0.15, -0.1) is 0 Å². The topological polar surface area (TPSA) is 175 Å². The van der Waals surface area contributed by atoms with Gasteiger partial charge >= 0.3 is 5.97 Å². The molecule has 1 aliphatic heterocycles. The average molecular weight is 978 g/mol. The van der Waals surface area contributed by atoms with Crippen LogP contribution in [0, 0.1) is 0 Å². The van der Waals surface area contributed by atoms with E-state index in [1.165, 1.54) is 148 Å². The van der Waals surface area contributed by atoms with Gasteiger partial charge in [-0.05, 0) is 70.6 Å². The van der Waals surface area contributed by atoms with Gasteiger partial charge in [0.2, 0.25) is 5.91 Å². The number of hydrogen-bond acceptors (Lipinski definition) is 10. The summed E-state index contributed by atoms with van der Waals surface area (Å²) in [6.45, 7) is 4.28. The van der Waals surface area contributed by atoms with Crippen molar-refractivity contribution in [3.63, 3.8) is 0 Å². The first-order chi connectivity index (χ1) is 33.7. The largest absolute Gasteiger partial charge is 0.466 e. The van der Waals surface area contributed by atoms with E-state index in [4.69, 9.17) is 14.2 Å². The molecule has 1 fully saturated rings. The summed E-state index contributed by atoms with van der Waals surface area (Å²) in [5.74, 6) is -0.224. The third-order valence-corrected chi connectivity index (χ3v) is 13.5. The molecule has 0 radical (unpaired) electrons. The molecule has 7 atom stereocenters. The number of carbonyl (C=O) groups excluding carboxylic acids is 2. The number of unbranched alkanes of at least 4 members (excludes halogenated alkanes) is 31. The lowest BCUT2D eigenvalue weighted by Gasteiger charge is -2.40. The number of carbonyl (C=O) groups is 2. The fourth-order valence-corrected chi connectivity index (χ4v) is 8.86. The van der Waals surface area contributed by atoms with E-state index in [0.717, 1.165) is 83.5 Å². The van der Waals surface area contributed by atoms with Gasteiger partial charge in [0.15, 0.2) is 6.29 Å². The highest BCUT2D eigenvalue weighted by molar-refractivity contribution is 5.76. The Labute approximate surface area is 422 Å². The number of ether oxygens (including phenoxy) is 3. The second-order valence-electron chi connectivity index (χ2n) is 20.0. The summed E-state index contributed by atoms with van der Waals surface area (Å²) < 4.78 is 16.7. The second-order valence-corrected chi connectivity index (χ2v) is 20.0. The van der Waals surface area contributed by atoms with E-state index >= 15 is 0 Å². The molecule has 0 aromatic heterocycles. The van der Waals surface area contributed by atoms with Crippen LogP contribution in [0.15, 0.2) is 36.5 Å². The van der Waals surface area contributed by atoms with Crippen molar-refractivity contribution in [2.75, 3.05) is 19.8 Å². The molecular formula is C58H107NO10. The van der Waals surface area contributed by atoms with E-state index in [0.29, 0.717) is 19.4 Å². The maximum atomic E-state index is 13.0. The van der Waals surface area contributed by atoms with Crippen LogP contribution >= 0.6 is 0 Å². The van der Waals surface area contributed by atoms with E-state index in [-0.39, 0.29) is 18.5 Å². The van der Waals surface area contributed by atoms with Crippen molar-refractivity contribution in [2.45, 2.75) is 301 Å². The second kappa shape index (κ2) is 48.2. The number of nitrogens with one attached hydrogen (secondary N) is 1. The molecule has 404 valence electrons. The molecule has 1 heterocycles.